The van der Waals surface area contributed by atoms with E-state index in [4.69, 9.17) is 14.9 Å². The van der Waals surface area contributed by atoms with E-state index in [0.29, 0.717) is 24.9 Å². The molecule has 0 spiro atoms. The number of hydrogen-bond donors (Lipinski definition) is 1. The summed E-state index contributed by atoms with van der Waals surface area (Å²) in [7, 11) is 0. The molecule has 0 bridgehead atoms. The van der Waals surface area contributed by atoms with Gasteiger partial charge in [-0.1, -0.05) is 19.9 Å². The molecular weight excluding hydrogens is 457 g/mol. The van der Waals surface area contributed by atoms with E-state index in [-0.39, 0.29) is 6.09 Å². The van der Waals surface area contributed by atoms with Gasteiger partial charge in [0, 0.05) is 18.3 Å². The SMILES string of the molecule is CC(C)COC(=O)N1CCc2cc(-c3coc4c(I)cnc(N)c34)ccc21. The Bertz CT molecular complexity index is 1030. The zero-order valence-electron chi connectivity index (χ0n) is 15.2. The Morgan fingerprint density at radius 2 is 2.26 bits per heavy atom. The van der Waals surface area contributed by atoms with Gasteiger partial charge in [-0.2, -0.15) is 0 Å². The summed E-state index contributed by atoms with van der Waals surface area (Å²) >= 11 is 2.19. The van der Waals surface area contributed by atoms with Crippen LogP contribution in [0.5, 0.6) is 0 Å². The number of furan rings is 1. The molecule has 1 aliphatic rings. The second-order valence-electron chi connectivity index (χ2n) is 7.06. The van der Waals surface area contributed by atoms with Crippen molar-refractivity contribution in [2.45, 2.75) is 20.3 Å². The molecule has 27 heavy (non-hydrogen) atoms. The molecule has 4 rings (SSSR count). The van der Waals surface area contributed by atoms with E-state index in [9.17, 15) is 4.79 Å². The zero-order chi connectivity index (χ0) is 19.1. The Labute approximate surface area is 170 Å². The largest absolute Gasteiger partial charge is 0.462 e. The first-order chi connectivity index (χ1) is 13.0. The maximum absolute atomic E-state index is 12.3. The van der Waals surface area contributed by atoms with E-state index in [1.54, 1.807) is 17.4 Å². The van der Waals surface area contributed by atoms with Gasteiger partial charge in [0.2, 0.25) is 0 Å². The molecule has 3 aromatic rings. The van der Waals surface area contributed by atoms with E-state index < -0.39 is 0 Å². The monoisotopic (exact) mass is 477 g/mol. The van der Waals surface area contributed by atoms with Gasteiger partial charge in [-0.25, -0.2) is 9.78 Å². The maximum Gasteiger partial charge on any atom is 0.414 e. The summed E-state index contributed by atoms with van der Waals surface area (Å²) in [5, 5.41) is 0.827. The van der Waals surface area contributed by atoms with E-state index in [0.717, 1.165) is 43.3 Å². The molecule has 2 aromatic heterocycles. The lowest BCUT2D eigenvalue weighted by molar-refractivity contribution is 0.140. The van der Waals surface area contributed by atoms with Crippen LogP contribution in [0, 0.1) is 9.49 Å². The Balaban J connectivity index is 1.67. The topological polar surface area (TPSA) is 81.6 Å². The van der Waals surface area contributed by atoms with Crippen LogP contribution in [-0.4, -0.2) is 24.2 Å². The number of nitrogens with two attached hydrogens (primary N) is 1. The number of nitrogen functional groups attached to an aromatic ring is 1. The average Bonchev–Trinajstić information content (AvgIpc) is 3.27. The number of amides is 1. The normalized spacial score (nSPS) is 13.4. The van der Waals surface area contributed by atoms with Gasteiger partial charge in [0.1, 0.15) is 5.82 Å². The Kier molecular flexibility index (Phi) is 4.71. The average molecular weight is 477 g/mol. The molecule has 0 aliphatic carbocycles. The predicted octanol–water partition coefficient (Wildman–Crippen LogP) is 4.84. The molecule has 0 saturated carbocycles. The number of fused-ring (bicyclic) bond motifs is 2. The van der Waals surface area contributed by atoms with E-state index in [1.165, 1.54) is 0 Å². The minimum Gasteiger partial charge on any atom is -0.462 e. The number of nitrogens with zero attached hydrogens (tertiary/aromatic N) is 2. The second-order valence-corrected chi connectivity index (χ2v) is 8.22. The van der Waals surface area contributed by atoms with Gasteiger partial charge in [-0.15, -0.1) is 0 Å². The molecule has 0 fully saturated rings. The highest BCUT2D eigenvalue weighted by Crippen LogP contribution is 2.38. The number of benzene rings is 1. The summed E-state index contributed by atoms with van der Waals surface area (Å²) in [4.78, 5) is 18.3. The van der Waals surface area contributed by atoms with Gasteiger partial charge in [0.05, 0.1) is 27.5 Å². The van der Waals surface area contributed by atoms with E-state index in [2.05, 4.69) is 33.6 Å². The fourth-order valence-corrected chi connectivity index (χ4v) is 3.86. The van der Waals surface area contributed by atoms with Crippen LogP contribution in [0.25, 0.3) is 22.1 Å². The highest BCUT2D eigenvalue weighted by molar-refractivity contribution is 14.1. The molecule has 1 aromatic carbocycles. The fourth-order valence-electron chi connectivity index (χ4n) is 3.32. The first kappa shape index (κ1) is 18.1. The third-order valence-corrected chi connectivity index (χ3v) is 5.40. The van der Waals surface area contributed by atoms with E-state index in [1.807, 2.05) is 26.0 Å². The number of rotatable bonds is 3. The lowest BCUT2D eigenvalue weighted by Gasteiger charge is -2.18. The summed E-state index contributed by atoms with van der Waals surface area (Å²) < 4.78 is 12.0. The van der Waals surface area contributed by atoms with Gasteiger partial charge in [0.25, 0.3) is 0 Å². The molecule has 0 saturated heterocycles. The molecule has 2 N–H and O–H groups in total. The van der Waals surface area contributed by atoms with Crippen LogP contribution in [0.3, 0.4) is 0 Å². The number of carbonyl (C=O) groups is 1. The summed E-state index contributed by atoms with van der Waals surface area (Å²) in [6.45, 7) is 5.10. The van der Waals surface area contributed by atoms with Crippen molar-refractivity contribution >= 4 is 51.2 Å². The number of ether oxygens (including phenoxy) is 1. The van der Waals surface area contributed by atoms with Gasteiger partial charge in [-0.3, -0.25) is 4.90 Å². The van der Waals surface area contributed by atoms with Crippen LogP contribution < -0.4 is 10.6 Å². The van der Waals surface area contributed by atoms with Crippen molar-refractivity contribution in [1.29, 1.82) is 0 Å². The van der Waals surface area contributed by atoms with Gasteiger partial charge in [0.15, 0.2) is 5.58 Å². The van der Waals surface area contributed by atoms with Crippen molar-refractivity contribution < 1.29 is 13.9 Å². The third-order valence-electron chi connectivity index (χ3n) is 4.63. The Hall–Kier alpha value is -2.29. The zero-order valence-corrected chi connectivity index (χ0v) is 17.3. The van der Waals surface area contributed by atoms with Gasteiger partial charge >= 0.3 is 6.09 Å². The molecule has 0 unspecified atom stereocenters. The molecule has 1 amide bonds. The van der Waals surface area contributed by atoms with Crippen LogP contribution in [0.2, 0.25) is 0 Å². The number of carbonyl (C=O) groups excluding carboxylic acids is 1. The first-order valence-electron chi connectivity index (χ1n) is 8.84. The second kappa shape index (κ2) is 7.03. The molecule has 0 atom stereocenters. The summed E-state index contributed by atoms with van der Waals surface area (Å²) in [6.07, 6.45) is 3.93. The van der Waals surface area contributed by atoms with Crippen LogP contribution in [0.1, 0.15) is 19.4 Å². The number of halogens is 1. The van der Waals surface area contributed by atoms with E-state index >= 15 is 0 Å². The molecule has 140 valence electrons. The van der Waals surface area contributed by atoms with Crippen molar-refractivity contribution in [3.05, 3.63) is 39.8 Å². The van der Waals surface area contributed by atoms with Crippen LogP contribution in [0.4, 0.5) is 16.3 Å². The molecule has 0 radical (unpaired) electrons. The number of hydrogen-bond acceptors (Lipinski definition) is 5. The number of pyridine rings is 1. The molecular formula is C20H20IN3O3. The lowest BCUT2D eigenvalue weighted by Crippen LogP contribution is -2.30. The minimum absolute atomic E-state index is 0.285. The van der Waals surface area contributed by atoms with Gasteiger partial charge in [-0.05, 0) is 58.2 Å². The first-order valence-corrected chi connectivity index (χ1v) is 9.92. The molecule has 3 heterocycles. The molecule has 6 nitrogen and oxygen atoms in total. The lowest BCUT2D eigenvalue weighted by atomic mass is 10.0. The van der Waals surface area contributed by atoms with Crippen LogP contribution in [-0.2, 0) is 11.2 Å². The third kappa shape index (κ3) is 3.24. The number of aromatic nitrogens is 1. The quantitative estimate of drug-likeness (QED) is 0.547. The molecule has 1 aliphatic heterocycles. The molecule has 7 heteroatoms. The minimum atomic E-state index is -0.285. The smallest absolute Gasteiger partial charge is 0.414 e. The van der Waals surface area contributed by atoms with Crippen molar-refractivity contribution in [3.63, 3.8) is 0 Å². The van der Waals surface area contributed by atoms with Gasteiger partial charge < -0.3 is 14.9 Å². The standard InChI is InChI=1S/C20H20IN3O3/c1-11(2)9-27-20(25)24-6-5-13-7-12(3-4-16(13)24)14-10-26-18-15(21)8-23-19(22)17(14)18/h3-4,7-8,10-11H,5-6,9H2,1-2H3,(H2,22,23). The number of anilines is 2. The Morgan fingerprint density at radius 1 is 1.44 bits per heavy atom. The van der Waals surface area contributed by atoms with Crippen molar-refractivity contribution in [2.75, 3.05) is 23.8 Å². The summed E-state index contributed by atoms with van der Waals surface area (Å²) in [6, 6.07) is 6.04. The Morgan fingerprint density at radius 3 is 3.04 bits per heavy atom. The highest BCUT2D eigenvalue weighted by atomic mass is 127. The van der Waals surface area contributed by atoms with Crippen molar-refractivity contribution in [3.8, 4) is 11.1 Å². The highest BCUT2D eigenvalue weighted by Gasteiger charge is 2.27. The van der Waals surface area contributed by atoms with Crippen molar-refractivity contribution in [2.24, 2.45) is 5.92 Å². The fraction of sp³-hybridized carbons (Fsp3) is 0.300. The predicted molar refractivity (Wildman–Crippen MR) is 114 cm³/mol. The summed E-state index contributed by atoms with van der Waals surface area (Å²) in [5.74, 6) is 0.767. The van der Waals surface area contributed by atoms with Crippen LogP contribution in [0.15, 0.2) is 35.1 Å². The van der Waals surface area contributed by atoms with Crippen LogP contribution >= 0.6 is 22.6 Å². The summed E-state index contributed by atoms with van der Waals surface area (Å²) in [5.41, 5.74) is 10.8. The van der Waals surface area contributed by atoms with Crippen molar-refractivity contribution in [1.82, 2.24) is 4.98 Å². The maximum atomic E-state index is 12.3.